The van der Waals surface area contributed by atoms with Gasteiger partial charge in [0.1, 0.15) is 5.70 Å². The molecule has 1 aliphatic carbocycles. The fourth-order valence-electron chi connectivity index (χ4n) is 5.62. The van der Waals surface area contributed by atoms with Gasteiger partial charge in [0.2, 0.25) is 5.91 Å². The van der Waals surface area contributed by atoms with Gasteiger partial charge in [0, 0.05) is 27.2 Å². The molecule has 5 aromatic rings. The van der Waals surface area contributed by atoms with Gasteiger partial charge in [-0.05, 0) is 86.2 Å². The number of carbonyl (C=O) groups excluding carboxylic acids is 3. The number of aryl methyl sites for hydroxylation is 2. The minimum Gasteiger partial charge on any atom is -0.321 e. The molecule has 0 unspecified atom stereocenters. The Bertz CT molecular complexity index is 1870. The van der Waals surface area contributed by atoms with Crippen molar-refractivity contribution in [1.82, 2.24) is 9.88 Å². The average molecular weight is 600 g/mol. The van der Waals surface area contributed by atoms with E-state index >= 15 is 0 Å². The number of aromatic nitrogens is 1. The van der Waals surface area contributed by atoms with E-state index in [2.05, 4.69) is 16.7 Å². The monoisotopic (exact) mass is 599 g/mol. The van der Waals surface area contributed by atoms with Crippen molar-refractivity contribution in [2.45, 2.75) is 37.5 Å². The van der Waals surface area contributed by atoms with Gasteiger partial charge >= 0.3 is 0 Å². The first kappa shape index (κ1) is 29.2. The van der Waals surface area contributed by atoms with Crippen molar-refractivity contribution in [3.63, 3.8) is 0 Å². The number of thioether (sulfide) groups is 1. The highest BCUT2D eigenvalue weighted by Gasteiger charge is 2.23. The number of nitrogens with zero attached hydrogens (tertiary/aromatic N) is 1. The van der Waals surface area contributed by atoms with Crippen LogP contribution in [0.5, 0.6) is 0 Å². The predicted molar refractivity (Wildman–Crippen MR) is 178 cm³/mol. The number of hydrogen-bond acceptors (Lipinski definition) is 4. The van der Waals surface area contributed by atoms with Gasteiger partial charge in [0.05, 0.1) is 11.3 Å². The highest BCUT2D eigenvalue weighted by molar-refractivity contribution is 8.00. The van der Waals surface area contributed by atoms with Crippen molar-refractivity contribution < 1.29 is 14.4 Å². The molecule has 6 nitrogen and oxygen atoms in total. The summed E-state index contributed by atoms with van der Waals surface area (Å²) in [7, 11) is 0. The summed E-state index contributed by atoms with van der Waals surface area (Å²) in [4.78, 5) is 40.9. The van der Waals surface area contributed by atoms with E-state index in [1.54, 1.807) is 36.4 Å². The number of benzene rings is 4. The standard InChI is InChI=1S/C37H33N3O3S/c1-25-18-20-26(21-19-25)22-32(39-36(42)27-10-3-2-4-11-27)37(43)38-28-12-9-13-29(23-28)44-24-35(41)40-33-16-7-5-14-30(33)31-15-6-8-17-34(31)40/h2-5,7,9-14,16,18-23H,6,8,15,17,24H2,1H3,(H,38,43)(H,39,42)/b32-22-. The molecule has 7 heteroatoms. The number of fused-ring (bicyclic) bond motifs is 3. The van der Waals surface area contributed by atoms with Crippen LogP contribution in [0, 0.1) is 6.92 Å². The second kappa shape index (κ2) is 13.2. The van der Waals surface area contributed by atoms with Gasteiger partial charge in [-0.1, -0.05) is 72.3 Å². The van der Waals surface area contributed by atoms with Gasteiger partial charge < -0.3 is 10.6 Å². The molecular weight excluding hydrogens is 566 g/mol. The van der Waals surface area contributed by atoms with Crippen molar-refractivity contribution in [1.29, 1.82) is 0 Å². The number of hydrogen-bond donors (Lipinski definition) is 2. The molecule has 0 bridgehead atoms. The Morgan fingerprint density at radius 3 is 2.41 bits per heavy atom. The van der Waals surface area contributed by atoms with Crippen molar-refractivity contribution in [2.75, 3.05) is 11.1 Å². The van der Waals surface area contributed by atoms with Crippen LogP contribution in [0.3, 0.4) is 0 Å². The summed E-state index contributed by atoms with van der Waals surface area (Å²) in [5.41, 5.74) is 6.47. The molecule has 220 valence electrons. The van der Waals surface area contributed by atoms with Crippen LogP contribution < -0.4 is 10.6 Å². The predicted octanol–water partition coefficient (Wildman–Crippen LogP) is 7.67. The van der Waals surface area contributed by atoms with Crippen LogP contribution in [0.2, 0.25) is 0 Å². The normalized spacial score (nSPS) is 12.9. The molecule has 0 fully saturated rings. The second-order valence-corrected chi connectivity index (χ2v) is 12.0. The quantitative estimate of drug-likeness (QED) is 0.142. The molecular formula is C37H33N3O3S. The fraction of sp³-hybridized carbons (Fsp3) is 0.162. The summed E-state index contributed by atoms with van der Waals surface area (Å²) in [6.07, 6.45) is 5.84. The van der Waals surface area contributed by atoms with Gasteiger partial charge in [0.15, 0.2) is 0 Å². The maximum absolute atomic E-state index is 13.6. The Morgan fingerprint density at radius 2 is 1.59 bits per heavy atom. The maximum Gasteiger partial charge on any atom is 0.272 e. The summed E-state index contributed by atoms with van der Waals surface area (Å²) in [6.45, 7) is 1.99. The molecule has 6 rings (SSSR count). The molecule has 2 amide bonds. The highest BCUT2D eigenvalue weighted by atomic mass is 32.2. The van der Waals surface area contributed by atoms with E-state index in [-0.39, 0.29) is 23.3 Å². The van der Waals surface area contributed by atoms with Crippen molar-refractivity contribution in [3.8, 4) is 0 Å². The maximum atomic E-state index is 13.6. The van der Waals surface area contributed by atoms with Crippen molar-refractivity contribution in [2.24, 2.45) is 0 Å². The number of para-hydroxylation sites is 1. The number of anilines is 1. The van der Waals surface area contributed by atoms with E-state index in [1.165, 1.54) is 22.7 Å². The summed E-state index contributed by atoms with van der Waals surface area (Å²) in [6, 6.07) is 32.1. The lowest BCUT2D eigenvalue weighted by Crippen LogP contribution is -2.30. The average Bonchev–Trinajstić information content (AvgIpc) is 3.39. The first-order valence-corrected chi connectivity index (χ1v) is 15.8. The zero-order valence-electron chi connectivity index (χ0n) is 24.5. The zero-order chi connectivity index (χ0) is 30.5. The van der Waals surface area contributed by atoms with E-state index < -0.39 is 5.91 Å². The molecule has 4 aromatic carbocycles. The molecule has 44 heavy (non-hydrogen) atoms. The molecule has 1 aliphatic rings. The minimum absolute atomic E-state index is 0.0516. The molecule has 0 spiro atoms. The fourth-order valence-corrected chi connectivity index (χ4v) is 6.43. The molecule has 1 heterocycles. The topological polar surface area (TPSA) is 80.2 Å². The van der Waals surface area contributed by atoms with Crippen LogP contribution in [-0.4, -0.2) is 28.0 Å². The summed E-state index contributed by atoms with van der Waals surface area (Å²) in [5, 5.41) is 6.89. The van der Waals surface area contributed by atoms with Crippen LogP contribution >= 0.6 is 11.8 Å². The molecule has 2 N–H and O–H groups in total. The van der Waals surface area contributed by atoms with Crippen molar-refractivity contribution >= 4 is 52.1 Å². The lowest BCUT2D eigenvalue weighted by molar-refractivity contribution is -0.113. The van der Waals surface area contributed by atoms with E-state index in [9.17, 15) is 14.4 Å². The van der Waals surface area contributed by atoms with Gasteiger partial charge in [-0.15, -0.1) is 11.8 Å². The lowest BCUT2D eigenvalue weighted by Gasteiger charge is -2.15. The Hall–Kier alpha value is -4.88. The van der Waals surface area contributed by atoms with Crippen LogP contribution in [0.25, 0.3) is 17.0 Å². The summed E-state index contributed by atoms with van der Waals surface area (Å²) in [5.74, 6) is -0.496. The van der Waals surface area contributed by atoms with E-state index in [0.29, 0.717) is 11.3 Å². The number of carbonyl (C=O) groups is 3. The van der Waals surface area contributed by atoms with E-state index in [1.807, 2.05) is 78.2 Å². The third-order valence-corrected chi connectivity index (χ3v) is 8.78. The number of amides is 2. The van der Waals surface area contributed by atoms with Crippen LogP contribution in [0.4, 0.5) is 5.69 Å². The molecule has 0 aliphatic heterocycles. The molecule has 1 aromatic heterocycles. The molecule has 0 radical (unpaired) electrons. The third kappa shape index (κ3) is 6.53. The largest absolute Gasteiger partial charge is 0.321 e. The Labute approximate surface area is 261 Å². The second-order valence-electron chi connectivity index (χ2n) is 10.9. The lowest BCUT2D eigenvalue weighted by atomic mass is 9.96. The third-order valence-electron chi connectivity index (χ3n) is 7.80. The van der Waals surface area contributed by atoms with Gasteiger partial charge in [-0.25, -0.2) is 0 Å². The summed E-state index contributed by atoms with van der Waals surface area (Å²) >= 11 is 1.44. The van der Waals surface area contributed by atoms with Gasteiger partial charge in [-0.2, -0.15) is 0 Å². The highest BCUT2D eigenvalue weighted by Crippen LogP contribution is 2.33. The Kier molecular flexibility index (Phi) is 8.75. The number of rotatable bonds is 8. The van der Waals surface area contributed by atoms with Crippen LogP contribution in [-0.2, 0) is 17.6 Å². The van der Waals surface area contributed by atoms with Gasteiger partial charge in [-0.3, -0.25) is 19.0 Å². The number of nitrogens with one attached hydrogen (secondary N) is 2. The van der Waals surface area contributed by atoms with E-state index in [0.717, 1.165) is 52.9 Å². The van der Waals surface area contributed by atoms with Crippen molar-refractivity contribution in [3.05, 3.63) is 137 Å². The smallest absolute Gasteiger partial charge is 0.272 e. The molecule has 0 saturated heterocycles. The molecule has 0 saturated carbocycles. The summed E-state index contributed by atoms with van der Waals surface area (Å²) < 4.78 is 1.92. The minimum atomic E-state index is -0.446. The Balaban J connectivity index is 1.18. The zero-order valence-corrected chi connectivity index (χ0v) is 25.3. The van der Waals surface area contributed by atoms with Crippen LogP contribution in [0.1, 0.15) is 50.4 Å². The van der Waals surface area contributed by atoms with Crippen LogP contribution in [0.15, 0.2) is 114 Å². The molecule has 0 atom stereocenters. The first-order chi connectivity index (χ1) is 21.5. The van der Waals surface area contributed by atoms with E-state index in [4.69, 9.17) is 0 Å². The Morgan fingerprint density at radius 1 is 0.841 bits per heavy atom. The van der Waals surface area contributed by atoms with Gasteiger partial charge in [0.25, 0.3) is 11.8 Å². The first-order valence-electron chi connectivity index (χ1n) is 14.8. The SMILES string of the molecule is Cc1ccc(/C=C(\NC(=O)c2ccccc2)C(=O)Nc2cccc(SCC(=O)n3c4c(c5ccccc53)CCCC4)c2)cc1.